The fourth-order valence-electron chi connectivity index (χ4n) is 1.62. The maximum Gasteiger partial charge on any atom is 0.267 e. The second-order valence-corrected chi connectivity index (χ2v) is 5.60. The Bertz CT molecular complexity index is 624. The first kappa shape index (κ1) is 13.8. The van der Waals surface area contributed by atoms with Gasteiger partial charge in [0.1, 0.15) is 5.82 Å². The first-order valence-electron chi connectivity index (χ1n) is 5.28. The summed E-state index contributed by atoms with van der Waals surface area (Å²) in [4.78, 5) is 11.4. The van der Waals surface area contributed by atoms with E-state index in [0.29, 0.717) is 0 Å². The molecular weight excluding hydrogens is 279 g/mol. The number of Topliss-reactive ketones (excluding diaryl/α,β-unsaturated/α-hetero) is 1. The summed E-state index contributed by atoms with van der Waals surface area (Å²) in [6, 6.07) is 2.05. The molecule has 6 nitrogen and oxygen atoms in total. The molecule has 0 saturated heterocycles. The molecule has 0 saturated carbocycles. The molecule has 2 rings (SSSR count). The van der Waals surface area contributed by atoms with Crippen molar-refractivity contribution in [3.8, 4) is 11.5 Å². The van der Waals surface area contributed by atoms with E-state index in [2.05, 4.69) is 4.18 Å². The molecule has 0 N–H and O–H groups in total. The molecule has 1 aliphatic heterocycles. The first-order valence-corrected chi connectivity index (χ1v) is 7.10. The van der Waals surface area contributed by atoms with Crippen LogP contribution in [0.2, 0.25) is 0 Å². The van der Waals surface area contributed by atoms with Crippen molar-refractivity contribution in [3.05, 3.63) is 23.5 Å². The van der Waals surface area contributed by atoms with Crippen molar-refractivity contribution in [1.29, 1.82) is 0 Å². The smallest absolute Gasteiger partial charge is 0.267 e. The fourth-order valence-corrected chi connectivity index (χ4v) is 2.11. The molecule has 1 atom stereocenters. The zero-order valence-corrected chi connectivity index (χ0v) is 11.0. The number of fused-ring (bicyclic) bond motifs is 1. The Morgan fingerprint density at radius 3 is 2.74 bits per heavy atom. The average molecular weight is 290 g/mol. The summed E-state index contributed by atoms with van der Waals surface area (Å²) in [7, 11) is -3.73. The minimum Gasteiger partial charge on any atom is -0.483 e. The topological polar surface area (TPSA) is 78.9 Å². The van der Waals surface area contributed by atoms with E-state index in [1.165, 1.54) is 6.92 Å². The highest BCUT2D eigenvalue weighted by atomic mass is 32.2. The molecule has 19 heavy (non-hydrogen) atoms. The zero-order valence-electron chi connectivity index (χ0n) is 10.2. The van der Waals surface area contributed by atoms with E-state index in [-0.39, 0.29) is 23.7 Å². The van der Waals surface area contributed by atoms with E-state index < -0.39 is 28.0 Å². The quantitative estimate of drug-likeness (QED) is 0.612. The highest BCUT2D eigenvalue weighted by Gasteiger charge is 2.29. The predicted octanol–water partition coefficient (Wildman–Crippen LogP) is 1.10. The standard InChI is InChI=1S/C11H11FO6S/c1-6(13)8-3-7(12)4-9-11(8)17-10(5-16-9)18-19(2,14)15/h3-4,10H,5H2,1-2H3/t10-/m0/s1. The molecule has 0 aromatic heterocycles. The third-order valence-electron chi connectivity index (χ3n) is 2.31. The molecular formula is C11H11FO6S. The predicted molar refractivity (Wildman–Crippen MR) is 62.2 cm³/mol. The van der Waals surface area contributed by atoms with Crippen LogP contribution in [0.5, 0.6) is 11.5 Å². The summed E-state index contributed by atoms with van der Waals surface area (Å²) < 4.78 is 50.3. The normalized spacial score (nSPS) is 18.2. The highest BCUT2D eigenvalue weighted by Crippen LogP contribution is 2.36. The summed E-state index contributed by atoms with van der Waals surface area (Å²) >= 11 is 0. The number of rotatable bonds is 3. The lowest BCUT2D eigenvalue weighted by atomic mass is 10.1. The van der Waals surface area contributed by atoms with Gasteiger partial charge in [0, 0.05) is 6.07 Å². The number of halogens is 1. The minimum absolute atomic E-state index is 0.0196. The lowest BCUT2D eigenvalue weighted by Crippen LogP contribution is -2.34. The highest BCUT2D eigenvalue weighted by molar-refractivity contribution is 7.86. The number of carbonyl (C=O) groups excluding carboxylic acids is 1. The number of ketones is 1. The molecule has 8 heteroatoms. The number of hydrogen-bond acceptors (Lipinski definition) is 6. The first-order chi connectivity index (χ1) is 8.76. The molecule has 0 spiro atoms. The summed E-state index contributed by atoms with van der Waals surface area (Å²) in [5.41, 5.74) is -0.0307. The van der Waals surface area contributed by atoms with Gasteiger partial charge >= 0.3 is 0 Å². The number of hydrogen-bond donors (Lipinski definition) is 0. The van der Waals surface area contributed by atoms with Crippen LogP contribution in [-0.2, 0) is 14.3 Å². The molecule has 104 valence electrons. The molecule has 1 aromatic rings. The van der Waals surface area contributed by atoms with Gasteiger partial charge in [0.15, 0.2) is 23.9 Å². The zero-order chi connectivity index (χ0) is 14.2. The Labute approximate surface area is 109 Å². The van der Waals surface area contributed by atoms with Crippen molar-refractivity contribution >= 4 is 15.9 Å². The van der Waals surface area contributed by atoms with Crippen LogP contribution in [0.25, 0.3) is 0 Å². The van der Waals surface area contributed by atoms with Gasteiger partial charge in [-0.3, -0.25) is 4.79 Å². The average Bonchev–Trinajstić information content (AvgIpc) is 2.26. The third-order valence-corrected chi connectivity index (χ3v) is 2.87. The van der Waals surface area contributed by atoms with Crippen molar-refractivity contribution < 1.29 is 31.3 Å². The Balaban J connectivity index is 2.36. The van der Waals surface area contributed by atoms with Gasteiger partial charge in [-0.05, 0) is 13.0 Å². The van der Waals surface area contributed by atoms with Crippen LogP contribution in [0.4, 0.5) is 4.39 Å². The van der Waals surface area contributed by atoms with Crippen LogP contribution in [-0.4, -0.2) is 33.4 Å². The molecule has 1 heterocycles. The van der Waals surface area contributed by atoms with Crippen LogP contribution in [0.15, 0.2) is 12.1 Å². The minimum atomic E-state index is -3.73. The van der Waals surface area contributed by atoms with E-state index >= 15 is 0 Å². The largest absolute Gasteiger partial charge is 0.483 e. The van der Waals surface area contributed by atoms with Crippen LogP contribution in [0.1, 0.15) is 17.3 Å². The van der Waals surface area contributed by atoms with Crippen molar-refractivity contribution in [2.45, 2.75) is 13.2 Å². The molecule has 0 amide bonds. The van der Waals surface area contributed by atoms with E-state index in [0.717, 1.165) is 18.4 Å². The van der Waals surface area contributed by atoms with E-state index in [1.807, 2.05) is 0 Å². The lowest BCUT2D eigenvalue weighted by Gasteiger charge is -2.26. The van der Waals surface area contributed by atoms with Crippen LogP contribution >= 0.6 is 0 Å². The van der Waals surface area contributed by atoms with Crippen molar-refractivity contribution in [2.75, 3.05) is 12.9 Å². The van der Waals surface area contributed by atoms with Gasteiger partial charge in [-0.25, -0.2) is 8.57 Å². The Morgan fingerprint density at radius 1 is 1.47 bits per heavy atom. The summed E-state index contributed by atoms with van der Waals surface area (Å²) in [5, 5.41) is 0. The van der Waals surface area contributed by atoms with Gasteiger partial charge < -0.3 is 9.47 Å². The SMILES string of the molecule is CC(=O)c1cc(F)cc2c1O[C@@H](OS(C)(=O)=O)CO2. The van der Waals surface area contributed by atoms with Crippen molar-refractivity contribution in [1.82, 2.24) is 0 Å². The second kappa shape index (κ2) is 4.78. The van der Waals surface area contributed by atoms with Crippen LogP contribution in [0.3, 0.4) is 0 Å². The molecule has 0 unspecified atom stereocenters. The summed E-state index contributed by atoms with van der Waals surface area (Å²) in [6.45, 7) is 1.01. The maximum atomic E-state index is 13.3. The van der Waals surface area contributed by atoms with Gasteiger partial charge in [0.25, 0.3) is 16.4 Å². The number of benzene rings is 1. The maximum absolute atomic E-state index is 13.3. The number of ether oxygens (including phenoxy) is 2. The van der Waals surface area contributed by atoms with Gasteiger partial charge in [-0.1, -0.05) is 0 Å². The van der Waals surface area contributed by atoms with Gasteiger partial charge in [0.05, 0.1) is 11.8 Å². The molecule has 0 bridgehead atoms. The fraction of sp³-hybridized carbons (Fsp3) is 0.364. The van der Waals surface area contributed by atoms with Crippen molar-refractivity contribution in [2.24, 2.45) is 0 Å². The lowest BCUT2D eigenvalue weighted by molar-refractivity contribution is -0.0438. The molecule has 1 aromatic carbocycles. The Kier molecular flexibility index (Phi) is 3.46. The Morgan fingerprint density at radius 2 is 2.16 bits per heavy atom. The van der Waals surface area contributed by atoms with Crippen molar-refractivity contribution in [3.63, 3.8) is 0 Å². The second-order valence-electron chi connectivity index (χ2n) is 4.00. The van der Waals surface area contributed by atoms with Gasteiger partial charge in [-0.15, -0.1) is 0 Å². The molecule has 0 aliphatic carbocycles. The third kappa shape index (κ3) is 3.21. The molecule has 0 radical (unpaired) electrons. The van der Waals surface area contributed by atoms with Crippen LogP contribution in [0, 0.1) is 5.82 Å². The van der Waals surface area contributed by atoms with Gasteiger partial charge in [-0.2, -0.15) is 8.42 Å². The Hall–Kier alpha value is -1.67. The summed E-state index contributed by atoms with van der Waals surface area (Å²) in [6.07, 6.45) is -0.339. The molecule has 1 aliphatic rings. The number of carbonyl (C=O) groups is 1. The summed E-state index contributed by atoms with van der Waals surface area (Å²) in [5.74, 6) is -1.05. The van der Waals surface area contributed by atoms with E-state index in [9.17, 15) is 17.6 Å². The van der Waals surface area contributed by atoms with E-state index in [4.69, 9.17) is 9.47 Å². The van der Waals surface area contributed by atoms with Crippen LogP contribution < -0.4 is 9.47 Å². The molecule has 0 fully saturated rings. The monoisotopic (exact) mass is 290 g/mol. The van der Waals surface area contributed by atoms with Gasteiger partial charge in [0.2, 0.25) is 0 Å². The van der Waals surface area contributed by atoms with E-state index in [1.54, 1.807) is 0 Å².